The maximum Gasteiger partial charge on any atom is 0.202 e. The number of fused-ring (bicyclic) bond motifs is 1. The SMILES string of the molecule is CC1=CC(=Nc2c(NCCCN3CCCCC3)nn3ccccc23)C(N)=C(Cl)C1=O. The largest absolute Gasteiger partial charge is 0.396 e. The number of allylic oxidation sites excluding steroid dienone is 3. The molecule has 1 saturated heterocycles. The number of nitrogens with zero attached hydrogens (tertiary/aromatic N) is 4. The molecule has 0 saturated carbocycles. The maximum atomic E-state index is 12.0. The Hall–Kier alpha value is -2.64. The van der Waals surface area contributed by atoms with Gasteiger partial charge in [-0.1, -0.05) is 24.1 Å². The summed E-state index contributed by atoms with van der Waals surface area (Å²) < 4.78 is 1.79. The third kappa shape index (κ3) is 4.27. The van der Waals surface area contributed by atoms with Crippen molar-refractivity contribution >= 4 is 40.1 Å². The van der Waals surface area contributed by atoms with Crippen LogP contribution in [0.5, 0.6) is 0 Å². The number of likely N-dealkylation sites (tertiary alicyclic amines) is 1. The molecule has 0 radical (unpaired) electrons. The van der Waals surface area contributed by atoms with Gasteiger partial charge in [-0.05, 0) is 64.0 Å². The summed E-state index contributed by atoms with van der Waals surface area (Å²) in [4.78, 5) is 19.3. The number of halogens is 1. The summed E-state index contributed by atoms with van der Waals surface area (Å²) in [5, 5.41) is 8.10. The summed E-state index contributed by atoms with van der Waals surface area (Å²) in [6.45, 7) is 5.99. The monoisotopic (exact) mass is 426 g/mol. The third-order valence-corrected chi connectivity index (χ3v) is 5.94. The van der Waals surface area contributed by atoms with Gasteiger partial charge in [0.1, 0.15) is 10.7 Å². The molecule has 0 aromatic carbocycles. The zero-order valence-corrected chi connectivity index (χ0v) is 18.0. The second-order valence-electron chi connectivity index (χ2n) is 7.79. The van der Waals surface area contributed by atoms with Crippen LogP contribution in [0.4, 0.5) is 11.5 Å². The third-order valence-electron chi connectivity index (χ3n) is 5.56. The first kappa shape index (κ1) is 20.6. The lowest BCUT2D eigenvalue weighted by Gasteiger charge is -2.26. The van der Waals surface area contributed by atoms with Gasteiger partial charge in [-0.15, -0.1) is 5.10 Å². The first-order valence-electron chi connectivity index (χ1n) is 10.5. The number of nitrogens with one attached hydrogen (secondary N) is 1. The van der Waals surface area contributed by atoms with Gasteiger partial charge in [0.2, 0.25) is 5.78 Å². The summed E-state index contributed by atoms with van der Waals surface area (Å²) >= 11 is 6.12. The molecule has 0 unspecified atom stereocenters. The normalized spacial score (nSPS) is 19.6. The van der Waals surface area contributed by atoms with Gasteiger partial charge in [0.25, 0.3) is 0 Å². The van der Waals surface area contributed by atoms with Crippen LogP contribution in [0.2, 0.25) is 0 Å². The van der Waals surface area contributed by atoms with Gasteiger partial charge in [-0.3, -0.25) is 4.79 Å². The van der Waals surface area contributed by atoms with E-state index in [4.69, 9.17) is 22.3 Å². The Kier molecular flexibility index (Phi) is 6.20. The van der Waals surface area contributed by atoms with E-state index >= 15 is 0 Å². The number of Topliss-reactive ketones (excluding diaryl/α,β-unsaturated/α-hetero) is 1. The van der Waals surface area contributed by atoms with Crippen LogP contribution in [-0.4, -0.2) is 52.2 Å². The van der Waals surface area contributed by atoms with Crippen molar-refractivity contribution in [3.63, 3.8) is 0 Å². The molecule has 0 atom stereocenters. The molecular weight excluding hydrogens is 400 g/mol. The topological polar surface area (TPSA) is 88.0 Å². The number of pyridine rings is 1. The number of aliphatic imine (C=N–C) groups is 1. The number of hydrogen-bond donors (Lipinski definition) is 2. The zero-order chi connectivity index (χ0) is 21.1. The van der Waals surface area contributed by atoms with Crippen molar-refractivity contribution in [3.05, 3.63) is 46.8 Å². The lowest BCUT2D eigenvalue weighted by Crippen LogP contribution is -2.31. The lowest BCUT2D eigenvalue weighted by atomic mass is 10.0. The molecule has 7 nitrogen and oxygen atoms in total. The van der Waals surface area contributed by atoms with Crippen molar-refractivity contribution < 1.29 is 4.79 Å². The fourth-order valence-corrected chi connectivity index (χ4v) is 4.12. The van der Waals surface area contributed by atoms with Gasteiger partial charge >= 0.3 is 0 Å². The Labute approximate surface area is 181 Å². The van der Waals surface area contributed by atoms with E-state index in [0.29, 0.717) is 22.8 Å². The van der Waals surface area contributed by atoms with E-state index in [1.54, 1.807) is 17.5 Å². The predicted octanol–water partition coefficient (Wildman–Crippen LogP) is 3.63. The second-order valence-corrected chi connectivity index (χ2v) is 8.17. The van der Waals surface area contributed by atoms with Crippen molar-refractivity contribution in [1.29, 1.82) is 0 Å². The summed E-state index contributed by atoms with van der Waals surface area (Å²) in [5.41, 5.74) is 8.82. The average molecular weight is 427 g/mol. The highest BCUT2D eigenvalue weighted by atomic mass is 35.5. The average Bonchev–Trinajstić information content (AvgIpc) is 3.11. The number of ketones is 1. The molecule has 8 heteroatoms. The van der Waals surface area contributed by atoms with Crippen LogP contribution in [0, 0.1) is 0 Å². The Morgan fingerprint density at radius 1 is 1.27 bits per heavy atom. The summed E-state index contributed by atoms with van der Waals surface area (Å²) in [7, 11) is 0. The fraction of sp³-hybridized carbons (Fsp3) is 0.409. The Balaban J connectivity index is 1.57. The first-order valence-corrected chi connectivity index (χ1v) is 10.8. The molecule has 158 valence electrons. The number of aromatic nitrogens is 2. The highest BCUT2D eigenvalue weighted by molar-refractivity contribution is 6.49. The molecule has 1 aliphatic heterocycles. The van der Waals surface area contributed by atoms with E-state index in [9.17, 15) is 4.79 Å². The van der Waals surface area contributed by atoms with Crippen molar-refractivity contribution in [2.24, 2.45) is 10.7 Å². The van der Waals surface area contributed by atoms with Gasteiger partial charge in [-0.25, -0.2) is 9.51 Å². The fourth-order valence-electron chi connectivity index (χ4n) is 3.88. The van der Waals surface area contributed by atoms with Crippen molar-refractivity contribution in [1.82, 2.24) is 14.5 Å². The van der Waals surface area contributed by atoms with E-state index < -0.39 is 0 Å². The Morgan fingerprint density at radius 2 is 2.07 bits per heavy atom. The van der Waals surface area contributed by atoms with E-state index in [0.717, 1.165) is 25.0 Å². The molecule has 3 N–H and O–H groups in total. The maximum absolute atomic E-state index is 12.0. The second kappa shape index (κ2) is 9.02. The van der Waals surface area contributed by atoms with Crippen LogP contribution in [0.3, 0.4) is 0 Å². The summed E-state index contributed by atoms with van der Waals surface area (Å²) in [6.07, 6.45) is 8.54. The molecule has 0 spiro atoms. The molecule has 30 heavy (non-hydrogen) atoms. The molecule has 2 aromatic heterocycles. The number of piperidine rings is 1. The quantitative estimate of drug-likeness (QED) is 0.544. The molecule has 1 fully saturated rings. The number of rotatable bonds is 6. The van der Waals surface area contributed by atoms with Gasteiger partial charge in [0.05, 0.1) is 16.9 Å². The molecule has 0 amide bonds. The number of anilines is 1. The van der Waals surface area contributed by atoms with Crippen LogP contribution < -0.4 is 11.1 Å². The van der Waals surface area contributed by atoms with Gasteiger partial charge in [-0.2, -0.15) is 0 Å². The van der Waals surface area contributed by atoms with E-state index in [1.165, 1.54) is 32.4 Å². The first-order chi connectivity index (χ1) is 14.5. The lowest BCUT2D eigenvalue weighted by molar-refractivity contribution is -0.111. The van der Waals surface area contributed by atoms with Gasteiger partial charge in [0.15, 0.2) is 5.82 Å². The zero-order valence-electron chi connectivity index (χ0n) is 17.2. The van der Waals surface area contributed by atoms with Crippen LogP contribution in [0.15, 0.2) is 51.8 Å². The molecule has 4 rings (SSSR count). The number of carbonyl (C=O) groups is 1. The molecule has 2 aromatic rings. The highest BCUT2D eigenvalue weighted by Crippen LogP contribution is 2.32. The molecular formula is C22H27ClN6O. The number of nitrogens with two attached hydrogens (primary N) is 1. The molecule has 1 aliphatic carbocycles. The summed E-state index contributed by atoms with van der Waals surface area (Å²) in [5.74, 6) is 0.434. The van der Waals surface area contributed by atoms with Crippen molar-refractivity contribution in [3.8, 4) is 0 Å². The minimum Gasteiger partial charge on any atom is -0.396 e. The smallest absolute Gasteiger partial charge is 0.202 e. The molecule has 3 heterocycles. The minimum atomic E-state index is -0.260. The van der Waals surface area contributed by atoms with Gasteiger partial charge in [0, 0.05) is 18.3 Å². The summed E-state index contributed by atoms with van der Waals surface area (Å²) in [6, 6.07) is 5.82. The number of hydrogen-bond acceptors (Lipinski definition) is 6. The van der Waals surface area contributed by atoms with Crippen LogP contribution in [-0.2, 0) is 4.79 Å². The van der Waals surface area contributed by atoms with Gasteiger partial charge < -0.3 is 16.0 Å². The van der Waals surface area contributed by atoms with Crippen LogP contribution in [0.25, 0.3) is 5.52 Å². The Bertz CT molecular complexity index is 1050. The van der Waals surface area contributed by atoms with Crippen molar-refractivity contribution in [2.45, 2.75) is 32.6 Å². The van der Waals surface area contributed by atoms with E-state index in [-0.39, 0.29) is 16.5 Å². The van der Waals surface area contributed by atoms with Crippen molar-refractivity contribution in [2.75, 3.05) is 31.5 Å². The van der Waals surface area contributed by atoms with E-state index in [2.05, 4.69) is 15.3 Å². The standard InChI is InChI=1S/C22H27ClN6O/c1-15-14-16(19(24)18(23)21(15)30)26-20-17-8-3-6-13-29(17)27-22(20)25-9-7-12-28-10-4-2-5-11-28/h3,6,8,13-14H,2,4-5,7,9-12,24H2,1H3,(H,25,27). The number of carbonyl (C=O) groups excluding carboxylic acids is 1. The predicted molar refractivity (Wildman–Crippen MR) is 122 cm³/mol. The minimum absolute atomic E-state index is 0.0151. The molecule has 2 aliphatic rings. The molecule has 0 bridgehead atoms. The highest BCUT2D eigenvalue weighted by Gasteiger charge is 2.23. The van der Waals surface area contributed by atoms with Crippen LogP contribution >= 0.6 is 11.6 Å². The van der Waals surface area contributed by atoms with Crippen LogP contribution in [0.1, 0.15) is 32.6 Å². The Morgan fingerprint density at radius 3 is 2.87 bits per heavy atom. The van der Waals surface area contributed by atoms with E-state index in [1.807, 2.05) is 24.4 Å².